The van der Waals surface area contributed by atoms with Gasteiger partial charge in [0, 0.05) is 24.7 Å². The van der Waals surface area contributed by atoms with Gasteiger partial charge < -0.3 is 9.72 Å². The summed E-state index contributed by atoms with van der Waals surface area (Å²) in [6.45, 7) is 1.99. The van der Waals surface area contributed by atoms with Crippen LogP contribution in [0.1, 0.15) is 18.3 Å². The van der Waals surface area contributed by atoms with E-state index in [1.807, 2.05) is 6.92 Å². The number of methoxy groups -OCH3 is 1. The molecule has 0 bridgehead atoms. The van der Waals surface area contributed by atoms with Gasteiger partial charge in [0.2, 0.25) is 5.88 Å². The lowest BCUT2D eigenvalue weighted by molar-refractivity contribution is 0.392. The third-order valence-electron chi connectivity index (χ3n) is 2.73. The van der Waals surface area contributed by atoms with Crippen LogP contribution in [-0.4, -0.2) is 30.5 Å². The molecule has 0 spiro atoms. The second-order valence-electron chi connectivity index (χ2n) is 4.04. The van der Waals surface area contributed by atoms with Gasteiger partial charge >= 0.3 is 0 Å². The van der Waals surface area contributed by atoms with E-state index >= 15 is 0 Å². The third kappa shape index (κ3) is 3.14. The van der Waals surface area contributed by atoms with Gasteiger partial charge in [-0.25, -0.2) is 23.1 Å². The third-order valence-corrected chi connectivity index (χ3v) is 4.04. The highest BCUT2D eigenvalue weighted by molar-refractivity contribution is 7.89. The highest BCUT2D eigenvalue weighted by atomic mass is 32.2. The summed E-state index contributed by atoms with van der Waals surface area (Å²) in [5, 5.41) is 0.0530. The van der Waals surface area contributed by atoms with Crippen LogP contribution in [-0.2, 0) is 23.0 Å². The summed E-state index contributed by atoms with van der Waals surface area (Å²) in [4.78, 5) is 10.7. The summed E-state index contributed by atoms with van der Waals surface area (Å²) in [5.41, 5.74) is 0.661. The average Bonchev–Trinajstić information content (AvgIpc) is 2.95. The number of rotatable bonds is 6. The van der Waals surface area contributed by atoms with Crippen molar-refractivity contribution in [1.82, 2.24) is 19.7 Å². The van der Waals surface area contributed by atoms with Gasteiger partial charge in [-0.05, 0) is 6.07 Å². The Kier molecular flexibility index (Phi) is 4.35. The molecule has 7 nitrogen and oxygen atoms in total. The summed E-state index contributed by atoms with van der Waals surface area (Å²) < 4.78 is 31.7. The topological polar surface area (TPSA) is 97.0 Å². The molecule has 0 aliphatic rings. The number of imidazole rings is 1. The monoisotopic (exact) mass is 296 g/mol. The molecular weight excluding hydrogens is 280 g/mol. The Hall–Kier alpha value is -1.93. The van der Waals surface area contributed by atoms with Gasteiger partial charge in [-0.15, -0.1) is 0 Å². The van der Waals surface area contributed by atoms with Crippen molar-refractivity contribution in [2.45, 2.75) is 24.9 Å². The Labute approximate surface area is 117 Å². The molecule has 0 fully saturated rings. The van der Waals surface area contributed by atoms with Gasteiger partial charge in [0.15, 0.2) is 5.03 Å². The molecule has 0 amide bonds. The number of nitrogens with zero attached hydrogens (tertiary/aromatic N) is 2. The van der Waals surface area contributed by atoms with Crippen LogP contribution in [0.15, 0.2) is 29.6 Å². The quantitative estimate of drug-likeness (QED) is 0.824. The molecule has 2 heterocycles. The molecule has 0 aliphatic heterocycles. The maximum Gasteiger partial charge on any atom is 0.257 e. The summed E-state index contributed by atoms with van der Waals surface area (Å²) in [6.07, 6.45) is 3.53. The second-order valence-corrected chi connectivity index (χ2v) is 5.78. The molecular formula is C12H16N4O3S. The number of hydrogen-bond acceptors (Lipinski definition) is 5. The van der Waals surface area contributed by atoms with Crippen LogP contribution in [0.25, 0.3) is 0 Å². The zero-order valence-corrected chi connectivity index (χ0v) is 12.1. The van der Waals surface area contributed by atoms with Gasteiger partial charge in [-0.1, -0.05) is 13.0 Å². The minimum Gasteiger partial charge on any atom is -0.481 e. The van der Waals surface area contributed by atoms with E-state index in [0.717, 1.165) is 0 Å². The number of aromatic amines is 1. The van der Waals surface area contributed by atoms with E-state index in [1.54, 1.807) is 18.3 Å². The second kappa shape index (κ2) is 6.02. The first-order valence-corrected chi connectivity index (χ1v) is 7.56. The van der Waals surface area contributed by atoms with Crippen LogP contribution in [0, 0.1) is 0 Å². The number of pyridine rings is 1. The lowest BCUT2D eigenvalue weighted by Crippen LogP contribution is -2.24. The molecule has 2 aromatic rings. The molecule has 2 aromatic heterocycles. The summed E-state index contributed by atoms with van der Waals surface area (Å²) in [5.74, 6) is 1.03. The van der Waals surface area contributed by atoms with Crippen molar-refractivity contribution in [2.24, 2.45) is 0 Å². The summed E-state index contributed by atoms with van der Waals surface area (Å²) in [6, 6.07) is 3.47. The fraction of sp³-hybridized carbons (Fsp3) is 0.333. The van der Waals surface area contributed by atoms with E-state index in [2.05, 4.69) is 19.7 Å². The minimum absolute atomic E-state index is 0.0530. The summed E-state index contributed by atoms with van der Waals surface area (Å²) in [7, 11) is -2.14. The van der Waals surface area contributed by atoms with Crippen LogP contribution < -0.4 is 9.46 Å². The van der Waals surface area contributed by atoms with Gasteiger partial charge in [-0.2, -0.15) is 0 Å². The molecule has 0 radical (unpaired) electrons. The van der Waals surface area contributed by atoms with Crippen LogP contribution >= 0.6 is 0 Å². The molecule has 20 heavy (non-hydrogen) atoms. The Morgan fingerprint density at radius 2 is 2.20 bits per heavy atom. The van der Waals surface area contributed by atoms with Crippen molar-refractivity contribution in [3.63, 3.8) is 0 Å². The fourth-order valence-electron chi connectivity index (χ4n) is 1.65. The molecule has 0 atom stereocenters. The molecule has 2 rings (SSSR count). The zero-order chi connectivity index (χ0) is 14.6. The molecule has 0 saturated carbocycles. The van der Waals surface area contributed by atoms with Gasteiger partial charge in [0.05, 0.1) is 13.3 Å². The number of sulfonamides is 1. The van der Waals surface area contributed by atoms with Gasteiger partial charge in [0.25, 0.3) is 10.0 Å². The van der Waals surface area contributed by atoms with E-state index < -0.39 is 10.0 Å². The first kappa shape index (κ1) is 14.5. The SMILES string of the molecule is CCc1ncc(S(=O)(=O)NCc2cccnc2OC)[nH]1. The van der Waals surface area contributed by atoms with Crippen molar-refractivity contribution in [3.8, 4) is 5.88 Å². The van der Waals surface area contributed by atoms with Gasteiger partial charge in [0.1, 0.15) is 5.82 Å². The highest BCUT2D eigenvalue weighted by Crippen LogP contribution is 2.14. The minimum atomic E-state index is -3.62. The molecule has 2 N–H and O–H groups in total. The van der Waals surface area contributed by atoms with E-state index in [4.69, 9.17) is 4.74 Å². The van der Waals surface area contributed by atoms with Crippen molar-refractivity contribution < 1.29 is 13.2 Å². The van der Waals surface area contributed by atoms with Crippen LogP contribution in [0.2, 0.25) is 0 Å². The Morgan fingerprint density at radius 3 is 2.85 bits per heavy atom. The Morgan fingerprint density at radius 1 is 1.40 bits per heavy atom. The predicted molar refractivity (Wildman–Crippen MR) is 72.8 cm³/mol. The molecule has 0 aromatic carbocycles. The first-order valence-electron chi connectivity index (χ1n) is 6.08. The molecule has 108 valence electrons. The molecule has 8 heteroatoms. The van der Waals surface area contributed by atoms with Crippen molar-refractivity contribution in [2.75, 3.05) is 7.11 Å². The smallest absolute Gasteiger partial charge is 0.257 e. The average molecular weight is 296 g/mol. The number of aryl methyl sites for hydroxylation is 1. The lowest BCUT2D eigenvalue weighted by Gasteiger charge is -2.08. The van der Waals surface area contributed by atoms with E-state index in [9.17, 15) is 8.42 Å². The van der Waals surface area contributed by atoms with Crippen molar-refractivity contribution >= 4 is 10.0 Å². The normalized spacial score (nSPS) is 11.5. The van der Waals surface area contributed by atoms with Crippen LogP contribution in [0.5, 0.6) is 5.88 Å². The van der Waals surface area contributed by atoms with E-state index in [-0.39, 0.29) is 11.6 Å². The van der Waals surface area contributed by atoms with Crippen LogP contribution in [0.4, 0.5) is 0 Å². The highest BCUT2D eigenvalue weighted by Gasteiger charge is 2.17. The first-order chi connectivity index (χ1) is 9.56. The van der Waals surface area contributed by atoms with Crippen molar-refractivity contribution in [1.29, 1.82) is 0 Å². The molecule has 0 unspecified atom stereocenters. The largest absolute Gasteiger partial charge is 0.481 e. The van der Waals surface area contributed by atoms with Crippen molar-refractivity contribution in [3.05, 3.63) is 35.9 Å². The number of ether oxygens (including phenoxy) is 1. The molecule has 0 aliphatic carbocycles. The zero-order valence-electron chi connectivity index (χ0n) is 11.3. The molecule has 0 saturated heterocycles. The number of nitrogens with one attached hydrogen (secondary N) is 2. The lowest BCUT2D eigenvalue weighted by atomic mass is 10.3. The van der Waals surface area contributed by atoms with Gasteiger partial charge in [-0.3, -0.25) is 0 Å². The van der Waals surface area contributed by atoms with E-state index in [1.165, 1.54) is 13.3 Å². The Balaban J connectivity index is 2.13. The standard InChI is InChI=1S/C12H16N4O3S/c1-3-10-14-8-11(16-10)20(17,18)15-7-9-5-4-6-13-12(9)19-2/h4-6,8,15H,3,7H2,1-2H3,(H,14,16). The predicted octanol–water partition coefficient (Wildman–Crippen LogP) is 0.854. The fourth-order valence-corrected chi connectivity index (χ4v) is 2.60. The maximum absolute atomic E-state index is 12.1. The maximum atomic E-state index is 12.1. The van der Waals surface area contributed by atoms with E-state index in [0.29, 0.717) is 23.7 Å². The number of aromatic nitrogens is 3. The number of H-pyrrole nitrogens is 1. The Bertz CT molecular complexity index is 682. The summed E-state index contributed by atoms with van der Waals surface area (Å²) >= 11 is 0. The van der Waals surface area contributed by atoms with Crippen LogP contribution in [0.3, 0.4) is 0 Å². The number of hydrogen-bond donors (Lipinski definition) is 2.